The van der Waals surface area contributed by atoms with Gasteiger partial charge in [0, 0.05) is 16.0 Å². The number of aromatic amines is 1. The number of carbonyl (C=O) groups excluding carboxylic acids is 2. The maximum Gasteiger partial charge on any atom is 0.305 e. The summed E-state index contributed by atoms with van der Waals surface area (Å²) in [7, 11) is 0. The minimum absolute atomic E-state index is 0.00592. The number of nitrogens with zero attached hydrogens (tertiary/aromatic N) is 1. The fraction of sp³-hybridized carbons (Fsp3) is 0.320. The minimum atomic E-state index is -0.426. The van der Waals surface area contributed by atoms with Crippen molar-refractivity contribution in [3.63, 3.8) is 0 Å². The molecule has 5 unspecified atom stereocenters. The molecule has 3 aromatic rings. The molecule has 7 rings (SSSR count). The molecule has 2 saturated carbocycles. The summed E-state index contributed by atoms with van der Waals surface area (Å²) in [5.41, 5.74) is 1.32. The average Bonchev–Trinajstić information content (AvgIpc) is 3.54. The number of amides is 2. The monoisotopic (exact) mass is 496 g/mol. The molecule has 0 spiro atoms. The summed E-state index contributed by atoms with van der Waals surface area (Å²) in [6.45, 7) is 0. The van der Waals surface area contributed by atoms with E-state index in [1.54, 1.807) is 23.9 Å². The summed E-state index contributed by atoms with van der Waals surface area (Å²) < 4.78 is 27.2. The van der Waals surface area contributed by atoms with E-state index in [9.17, 15) is 23.2 Å². The first kappa shape index (κ1) is 20.6. The van der Waals surface area contributed by atoms with Crippen LogP contribution in [0.4, 0.5) is 14.5 Å². The van der Waals surface area contributed by atoms with E-state index in [4.69, 9.17) is 0 Å². The van der Waals surface area contributed by atoms with Crippen molar-refractivity contribution in [3.05, 3.63) is 80.3 Å². The number of anilines is 1. The second kappa shape index (κ2) is 7.11. The number of thioether (sulfide) groups is 1. The van der Waals surface area contributed by atoms with Crippen LogP contribution in [0.5, 0.6) is 0 Å². The topological polar surface area (TPSA) is 70.2 Å². The Kier molecular flexibility index (Phi) is 4.31. The van der Waals surface area contributed by atoms with Gasteiger partial charge < -0.3 is 4.98 Å². The van der Waals surface area contributed by atoms with Crippen molar-refractivity contribution in [1.82, 2.24) is 4.98 Å². The molecule has 2 amide bonds. The first-order valence-electron chi connectivity index (χ1n) is 11.2. The van der Waals surface area contributed by atoms with Crippen molar-refractivity contribution in [1.29, 1.82) is 0 Å². The van der Waals surface area contributed by atoms with Gasteiger partial charge in [0.2, 0.25) is 11.8 Å². The van der Waals surface area contributed by atoms with E-state index in [2.05, 4.69) is 4.98 Å². The summed E-state index contributed by atoms with van der Waals surface area (Å²) in [4.78, 5) is 44.3. The zero-order valence-electron chi connectivity index (χ0n) is 17.6. The number of rotatable bonds is 2. The Balaban J connectivity index is 1.32. The smallest absolute Gasteiger partial charge is 0.305 e. The first-order chi connectivity index (χ1) is 16.4. The number of aromatic nitrogens is 1. The number of imide groups is 1. The molecular weight excluding hydrogens is 478 g/mol. The molecule has 1 saturated heterocycles. The fourth-order valence-corrected chi connectivity index (χ4v) is 9.79. The number of thiazole rings is 1. The van der Waals surface area contributed by atoms with Gasteiger partial charge >= 0.3 is 4.87 Å². The standard InChI is InChI=1S/C25H18F2N2O3S2/c26-11-3-1-10(2-4-11)16-17-14-9-15(20(17)33-22-21(16)34-25(32)28-22)19-18(14)23(30)29(24(19)31)13-7-5-12(27)6-8-13/h1-8,14-20H,9H2,(H,28,32)/t14-,15-,16?,17?,18?,19?,20?/m1/s1. The first-order valence-corrected chi connectivity index (χ1v) is 12.9. The Morgan fingerprint density at radius 3 is 2.15 bits per heavy atom. The van der Waals surface area contributed by atoms with Crippen LogP contribution in [0.1, 0.15) is 22.8 Å². The third-order valence-electron chi connectivity index (χ3n) is 8.04. The molecule has 5 nitrogen and oxygen atoms in total. The van der Waals surface area contributed by atoms with E-state index in [0.29, 0.717) is 5.69 Å². The second-order valence-corrected chi connectivity index (χ2v) is 11.7. The van der Waals surface area contributed by atoms with Gasteiger partial charge in [-0.3, -0.25) is 19.3 Å². The van der Waals surface area contributed by atoms with Crippen LogP contribution in [0.2, 0.25) is 0 Å². The van der Waals surface area contributed by atoms with Gasteiger partial charge in [0.05, 0.1) is 22.5 Å². The van der Waals surface area contributed by atoms with Crippen LogP contribution >= 0.6 is 23.1 Å². The largest absolute Gasteiger partial charge is 0.307 e. The predicted octanol–water partition coefficient (Wildman–Crippen LogP) is 4.39. The fourth-order valence-electron chi connectivity index (χ4n) is 6.90. The van der Waals surface area contributed by atoms with E-state index in [1.165, 1.54) is 52.6 Å². The van der Waals surface area contributed by atoms with E-state index in [0.717, 1.165) is 21.9 Å². The number of halogens is 2. The molecule has 34 heavy (non-hydrogen) atoms. The predicted molar refractivity (Wildman–Crippen MR) is 124 cm³/mol. The highest BCUT2D eigenvalue weighted by Crippen LogP contribution is 2.68. The van der Waals surface area contributed by atoms with Crippen LogP contribution in [-0.4, -0.2) is 22.0 Å². The van der Waals surface area contributed by atoms with Gasteiger partial charge in [0.1, 0.15) is 11.6 Å². The van der Waals surface area contributed by atoms with Gasteiger partial charge in [-0.1, -0.05) is 23.5 Å². The molecule has 1 N–H and O–H groups in total. The summed E-state index contributed by atoms with van der Waals surface area (Å²) in [6, 6.07) is 11.8. The second-order valence-electron chi connectivity index (χ2n) is 9.50. The number of benzene rings is 2. The molecule has 9 heteroatoms. The molecule has 3 fully saturated rings. The third-order valence-corrected chi connectivity index (χ3v) is 10.6. The molecule has 2 aliphatic carbocycles. The number of nitrogens with one attached hydrogen (secondary N) is 1. The molecule has 2 bridgehead atoms. The number of hydrogen-bond acceptors (Lipinski definition) is 5. The molecule has 2 aromatic carbocycles. The van der Waals surface area contributed by atoms with Gasteiger partial charge in [-0.15, -0.1) is 11.8 Å². The Hall–Kier alpha value is -2.78. The zero-order chi connectivity index (χ0) is 23.3. The molecule has 4 aliphatic rings. The summed E-state index contributed by atoms with van der Waals surface area (Å²) in [6.07, 6.45) is 0.781. The molecule has 7 atom stereocenters. The van der Waals surface area contributed by atoms with Crippen molar-refractivity contribution in [2.24, 2.45) is 29.6 Å². The molecule has 1 aromatic heterocycles. The SMILES string of the molecule is O=C1C2C(C(=O)N1c1ccc(F)cc1)[C@@H]1C[C@H]2C2Sc3[nH]c(=O)sc3C(c3ccc(F)cc3)C21. The third kappa shape index (κ3) is 2.68. The lowest BCUT2D eigenvalue weighted by Gasteiger charge is -2.43. The van der Waals surface area contributed by atoms with Crippen molar-refractivity contribution in [2.75, 3.05) is 4.90 Å². The van der Waals surface area contributed by atoms with Crippen LogP contribution in [0.3, 0.4) is 0 Å². The Bertz CT molecular complexity index is 1400. The summed E-state index contributed by atoms with van der Waals surface area (Å²) >= 11 is 2.79. The van der Waals surface area contributed by atoms with Gasteiger partial charge in [-0.2, -0.15) is 0 Å². The molecule has 172 valence electrons. The van der Waals surface area contributed by atoms with Gasteiger partial charge in [0.15, 0.2) is 0 Å². The highest BCUT2D eigenvalue weighted by molar-refractivity contribution is 8.00. The Labute approximate surface area is 201 Å². The number of carbonyl (C=O) groups is 2. The van der Waals surface area contributed by atoms with Crippen LogP contribution in [0.25, 0.3) is 0 Å². The van der Waals surface area contributed by atoms with Gasteiger partial charge in [0.25, 0.3) is 0 Å². The van der Waals surface area contributed by atoms with E-state index >= 15 is 0 Å². The van der Waals surface area contributed by atoms with Gasteiger partial charge in [-0.25, -0.2) is 8.78 Å². The quantitative estimate of drug-likeness (QED) is 0.535. The van der Waals surface area contributed by atoms with Crippen molar-refractivity contribution >= 4 is 40.6 Å². The van der Waals surface area contributed by atoms with E-state index < -0.39 is 17.7 Å². The lowest BCUT2D eigenvalue weighted by molar-refractivity contribution is -0.123. The summed E-state index contributed by atoms with van der Waals surface area (Å²) in [5, 5.41) is 0.894. The Morgan fingerprint density at radius 2 is 1.47 bits per heavy atom. The highest BCUT2D eigenvalue weighted by atomic mass is 32.2. The minimum Gasteiger partial charge on any atom is -0.307 e. The van der Waals surface area contributed by atoms with Gasteiger partial charge in [-0.05, 0) is 66.1 Å². The number of hydrogen-bond donors (Lipinski definition) is 1. The van der Waals surface area contributed by atoms with E-state index in [-0.39, 0.29) is 51.4 Å². The van der Waals surface area contributed by atoms with Crippen LogP contribution in [0, 0.1) is 41.2 Å². The van der Waals surface area contributed by atoms with Crippen molar-refractivity contribution in [3.8, 4) is 0 Å². The number of fused-ring (bicyclic) bond motifs is 9. The molecular formula is C25H18F2N2O3S2. The number of H-pyrrole nitrogens is 1. The van der Waals surface area contributed by atoms with E-state index in [1.807, 2.05) is 0 Å². The van der Waals surface area contributed by atoms with Crippen molar-refractivity contribution < 1.29 is 18.4 Å². The molecule has 2 aliphatic heterocycles. The highest BCUT2D eigenvalue weighted by Gasteiger charge is 2.69. The van der Waals surface area contributed by atoms with Crippen molar-refractivity contribution in [2.45, 2.75) is 22.6 Å². The molecule has 0 radical (unpaired) electrons. The maximum absolute atomic E-state index is 13.7. The zero-order valence-corrected chi connectivity index (χ0v) is 19.2. The lowest BCUT2D eigenvalue weighted by atomic mass is 9.68. The lowest BCUT2D eigenvalue weighted by Crippen LogP contribution is -2.42. The summed E-state index contributed by atoms with van der Waals surface area (Å²) in [5.74, 6) is -2.10. The van der Waals surface area contributed by atoms with Crippen LogP contribution in [-0.2, 0) is 9.59 Å². The molecule has 3 heterocycles. The van der Waals surface area contributed by atoms with Crippen LogP contribution < -0.4 is 9.77 Å². The average molecular weight is 497 g/mol. The van der Waals surface area contributed by atoms with Crippen LogP contribution in [0.15, 0.2) is 58.4 Å². The maximum atomic E-state index is 13.7. The Morgan fingerprint density at radius 1 is 0.853 bits per heavy atom. The normalized spacial score (nSPS) is 33.2.